The minimum absolute atomic E-state index is 0.0369. The molecule has 6 heteroatoms. The lowest BCUT2D eigenvalue weighted by Gasteiger charge is -2.11. The van der Waals surface area contributed by atoms with E-state index in [1.165, 1.54) is 6.08 Å². The molecule has 0 aromatic heterocycles. The molecule has 0 aliphatic rings. The zero-order valence-corrected chi connectivity index (χ0v) is 16.9. The average Bonchev–Trinajstić information content (AvgIpc) is 2.51. The monoisotopic (exact) mass is 412 g/mol. The molecule has 0 aliphatic carbocycles. The van der Waals surface area contributed by atoms with Crippen LogP contribution in [0, 0.1) is 5.92 Å². The van der Waals surface area contributed by atoms with Gasteiger partial charge in [-0.05, 0) is 47.2 Å². The Balaban J connectivity index is 0.000000477. The van der Waals surface area contributed by atoms with Gasteiger partial charge in [0.05, 0.1) is 15.6 Å². The van der Waals surface area contributed by atoms with Gasteiger partial charge in [-0.1, -0.05) is 75.7 Å². The van der Waals surface area contributed by atoms with Gasteiger partial charge in [-0.3, -0.25) is 0 Å². The van der Waals surface area contributed by atoms with E-state index in [9.17, 15) is 13.2 Å². The summed E-state index contributed by atoms with van der Waals surface area (Å²) in [7, 11) is 0. The molecule has 0 amide bonds. The molecule has 0 saturated heterocycles. The first-order chi connectivity index (χ1) is 11.3. The molecule has 0 radical (unpaired) electrons. The lowest BCUT2D eigenvalue weighted by Crippen LogP contribution is -2.05. The Morgan fingerprint density at radius 1 is 1.08 bits per heavy atom. The van der Waals surface area contributed by atoms with Gasteiger partial charge in [0.15, 0.2) is 0 Å². The third-order valence-corrected chi connectivity index (χ3v) is 4.39. The topological polar surface area (TPSA) is 0 Å². The Labute approximate surface area is 163 Å². The van der Waals surface area contributed by atoms with Gasteiger partial charge in [0.2, 0.25) is 0 Å². The number of rotatable bonds is 4. The predicted octanol–water partition coefficient (Wildman–Crippen LogP) is 8.56. The van der Waals surface area contributed by atoms with Crippen molar-refractivity contribution in [3.8, 4) is 0 Å². The van der Waals surface area contributed by atoms with E-state index in [0.29, 0.717) is 21.5 Å². The molecule has 1 rings (SSSR count). The Hall–Kier alpha value is -0.900. The number of alkyl halides is 3. The molecule has 1 aromatic rings. The van der Waals surface area contributed by atoms with Crippen molar-refractivity contribution in [3.05, 3.63) is 69.2 Å². The van der Waals surface area contributed by atoms with Crippen LogP contribution in [0.4, 0.5) is 13.2 Å². The highest BCUT2D eigenvalue weighted by Crippen LogP contribution is 2.33. The van der Waals surface area contributed by atoms with Crippen LogP contribution >= 0.6 is 34.8 Å². The summed E-state index contributed by atoms with van der Waals surface area (Å²) >= 11 is 17.2. The number of halogens is 6. The maximum absolute atomic E-state index is 12.4. The quantitative estimate of drug-likeness (QED) is 0.434. The molecule has 0 aliphatic heterocycles. The van der Waals surface area contributed by atoms with Crippen LogP contribution in [0.5, 0.6) is 0 Å². The SMILES string of the molecule is C=C/C(Cl)=C(/Cl)C(=C)C(C)C.CC(C)c1cc(Cl)cc(C(F)(F)F)c1. The molecule has 0 bridgehead atoms. The third-order valence-electron chi connectivity index (χ3n) is 3.28. The Morgan fingerprint density at radius 2 is 1.60 bits per heavy atom. The lowest BCUT2D eigenvalue weighted by atomic mass is 10.0. The predicted molar refractivity (Wildman–Crippen MR) is 103 cm³/mol. The van der Waals surface area contributed by atoms with Gasteiger partial charge in [-0.2, -0.15) is 13.2 Å². The summed E-state index contributed by atoms with van der Waals surface area (Å²) in [5.74, 6) is 0.353. The van der Waals surface area contributed by atoms with E-state index in [0.717, 1.165) is 17.7 Å². The fraction of sp³-hybridized carbons (Fsp3) is 0.368. The fourth-order valence-electron chi connectivity index (χ4n) is 1.61. The van der Waals surface area contributed by atoms with Gasteiger partial charge < -0.3 is 0 Å². The maximum atomic E-state index is 12.4. The number of allylic oxidation sites excluding steroid dienone is 4. The molecule has 0 spiro atoms. The summed E-state index contributed by atoms with van der Waals surface area (Å²) in [6, 6.07) is 3.63. The molecule has 0 nitrogen and oxygen atoms in total. The second-order valence-corrected chi connectivity index (χ2v) is 7.19. The van der Waals surface area contributed by atoms with E-state index in [4.69, 9.17) is 34.8 Å². The highest BCUT2D eigenvalue weighted by Gasteiger charge is 2.31. The number of hydrogen-bond donors (Lipinski definition) is 0. The molecule has 0 N–H and O–H groups in total. The molecule has 0 heterocycles. The van der Waals surface area contributed by atoms with Crippen molar-refractivity contribution in [2.75, 3.05) is 0 Å². The van der Waals surface area contributed by atoms with Crippen molar-refractivity contribution in [1.82, 2.24) is 0 Å². The molecular weight excluding hydrogens is 392 g/mol. The van der Waals surface area contributed by atoms with Crippen LogP contribution in [0.2, 0.25) is 5.02 Å². The van der Waals surface area contributed by atoms with Crippen LogP contribution in [0.1, 0.15) is 44.7 Å². The molecule has 0 fully saturated rings. The van der Waals surface area contributed by atoms with Crippen molar-refractivity contribution in [3.63, 3.8) is 0 Å². The number of hydrogen-bond acceptors (Lipinski definition) is 0. The molecule has 0 saturated carbocycles. The summed E-state index contributed by atoms with van der Waals surface area (Å²) in [5, 5.41) is 1.10. The standard InChI is InChI=1S/C10H10ClF3.C9H12Cl2/c1-6(2)7-3-8(10(12,13)14)5-9(11)4-7;1-5-8(10)9(11)7(4)6(2)3/h3-6H,1-2H3;5-6H,1,4H2,2-3H3/b;9-8-. The second kappa shape index (κ2) is 10.3. The maximum Gasteiger partial charge on any atom is 0.416 e. The minimum atomic E-state index is -4.32. The average molecular weight is 414 g/mol. The van der Waals surface area contributed by atoms with E-state index in [1.54, 1.807) is 6.07 Å². The lowest BCUT2D eigenvalue weighted by molar-refractivity contribution is -0.137. The first kappa shape index (κ1) is 24.1. The highest BCUT2D eigenvalue weighted by molar-refractivity contribution is 6.41. The Bertz CT molecular complexity index is 642. The smallest absolute Gasteiger partial charge is 0.166 e. The van der Waals surface area contributed by atoms with Crippen LogP contribution in [0.15, 0.2) is 53.1 Å². The van der Waals surface area contributed by atoms with Gasteiger partial charge in [-0.15, -0.1) is 0 Å². The van der Waals surface area contributed by atoms with Gasteiger partial charge in [-0.25, -0.2) is 0 Å². The van der Waals surface area contributed by atoms with Gasteiger partial charge in [0.25, 0.3) is 0 Å². The van der Waals surface area contributed by atoms with E-state index in [-0.39, 0.29) is 10.9 Å². The van der Waals surface area contributed by atoms with Gasteiger partial charge in [0, 0.05) is 5.02 Å². The van der Waals surface area contributed by atoms with Crippen molar-refractivity contribution in [2.45, 2.75) is 39.8 Å². The molecule has 0 unspecified atom stereocenters. The minimum Gasteiger partial charge on any atom is -0.166 e. The zero-order chi connectivity index (χ0) is 19.9. The van der Waals surface area contributed by atoms with E-state index < -0.39 is 11.7 Å². The molecule has 140 valence electrons. The summed E-state index contributed by atoms with van der Waals surface area (Å²) in [5.41, 5.74) is 0.759. The second-order valence-electron chi connectivity index (χ2n) is 5.97. The first-order valence-electron chi connectivity index (χ1n) is 7.55. The third kappa shape index (κ3) is 8.35. The molecular formula is C19H22Cl3F3. The van der Waals surface area contributed by atoms with Crippen molar-refractivity contribution >= 4 is 34.8 Å². The van der Waals surface area contributed by atoms with Gasteiger partial charge >= 0.3 is 6.18 Å². The number of benzene rings is 1. The molecule has 25 heavy (non-hydrogen) atoms. The van der Waals surface area contributed by atoms with Crippen LogP contribution in [0.25, 0.3) is 0 Å². The van der Waals surface area contributed by atoms with Crippen LogP contribution in [0.3, 0.4) is 0 Å². The summed E-state index contributed by atoms with van der Waals surface area (Å²) < 4.78 is 37.1. The van der Waals surface area contributed by atoms with Crippen LogP contribution < -0.4 is 0 Å². The highest BCUT2D eigenvalue weighted by atomic mass is 35.5. The van der Waals surface area contributed by atoms with Crippen LogP contribution in [-0.2, 0) is 6.18 Å². The van der Waals surface area contributed by atoms with E-state index in [2.05, 4.69) is 13.2 Å². The largest absolute Gasteiger partial charge is 0.416 e. The summed E-state index contributed by atoms with van der Waals surface area (Å²) in [4.78, 5) is 0. The first-order valence-corrected chi connectivity index (χ1v) is 8.69. The molecule has 1 aromatic carbocycles. The summed E-state index contributed by atoms with van der Waals surface area (Å²) in [6.45, 7) is 15.0. The van der Waals surface area contributed by atoms with Crippen molar-refractivity contribution in [1.29, 1.82) is 0 Å². The van der Waals surface area contributed by atoms with Crippen LogP contribution in [-0.4, -0.2) is 0 Å². The molecule has 0 atom stereocenters. The van der Waals surface area contributed by atoms with Gasteiger partial charge in [0.1, 0.15) is 0 Å². The fourth-order valence-corrected chi connectivity index (χ4v) is 2.27. The normalized spacial score (nSPS) is 12.5. The summed E-state index contributed by atoms with van der Waals surface area (Å²) in [6.07, 6.45) is -2.81. The zero-order valence-electron chi connectivity index (χ0n) is 14.6. The van der Waals surface area contributed by atoms with Crippen molar-refractivity contribution < 1.29 is 13.2 Å². The Morgan fingerprint density at radius 3 is 1.96 bits per heavy atom. The van der Waals surface area contributed by atoms with E-state index >= 15 is 0 Å². The van der Waals surface area contributed by atoms with E-state index in [1.807, 2.05) is 27.7 Å². The van der Waals surface area contributed by atoms with Crippen molar-refractivity contribution in [2.24, 2.45) is 5.92 Å². The Kier molecular flexibility index (Phi) is 9.93.